The molecular formula is C20H21N5O2. The molecule has 1 amide bonds. The van der Waals surface area contributed by atoms with Gasteiger partial charge in [-0.05, 0) is 47.9 Å². The number of carbonyl (C=O) groups excluding carboxylic acids is 1. The number of anilines is 1. The Balaban J connectivity index is 1.45. The fourth-order valence-electron chi connectivity index (χ4n) is 2.45. The first-order chi connectivity index (χ1) is 13.2. The zero-order chi connectivity index (χ0) is 18.9. The molecule has 0 fully saturated rings. The molecule has 0 spiro atoms. The summed E-state index contributed by atoms with van der Waals surface area (Å²) in [6.07, 6.45) is 4.25. The number of carbonyl (C=O) groups is 1. The average molecular weight is 363 g/mol. The molecule has 0 atom stereocenters. The molecule has 2 N–H and O–H groups in total. The van der Waals surface area contributed by atoms with E-state index in [-0.39, 0.29) is 11.6 Å². The van der Waals surface area contributed by atoms with Gasteiger partial charge in [0.05, 0.1) is 7.11 Å². The molecule has 2 heterocycles. The molecule has 0 unspecified atom stereocenters. The van der Waals surface area contributed by atoms with Crippen molar-refractivity contribution >= 4 is 11.7 Å². The molecule has 3 aromatic rings. The highest BCUT2D eigenvalue weighted by Gasteiger charge is 2.08. The summed E-state index contributed by atoms with van der Waals surface area (Å²) >= 11 is 0. The number of pyridine rings is 1. The molecule has 0 aliphatic carbocycles. The van der Waals surface area contributed by atoms with Crippen molar-refractivity contribution in [1.29, 1.82) is 0 Å². The van der Waals surface area contributed by atoms with Crippen LogP contribution in [-0.2, 0) is 13.0 Å². The SMILES string of the molecule is COc1ccc(CCNc2ccc(C(=O)NCc3cccnc3)nn2)cc1. The molecule has 0 saturated carbocycles. The molecule has 27 heavy (non-hydrogen) atoms. The third-order valence-corrected chi connectivity index (χ3v) is 3.95. The van der Waals surface area contributed by atoms with Crippen molar-refractivity contribution in [3.8, 4) is 5.75 Å². The highest BCUT2D eigenvalue weighted by atomic mass is 16.5. The molecule has 0 bridgehead atoms. The third-order valence-electron chi connectivity index (χ3n) is 3.95. The Bertz CT molecular complexity index is 852. The highest BCUT2D eigenvalue weighted by Crippen LogP contribution is 2.12. The van der Waals surface area contributed by atoms with Gasteiger partial charge in [-0.3, -0.25) is 9.78 Å². The van der Waals surface area contributed by atoms with Crippen LogP contribution in [0.3, 0.4) is 0 Å². The molecular weight excluding hydrogens is 342 g/mol. The maximum atomic E-state index is 12.1. The molecule has 7 heteroatoms. The maximum absolute atomic E-state index is 12.1. The summed E-state index contributed by atoms with van der Waals surface area (Å²) in [4.78, 5) is 16.1. The van der Waals surface area contributed by atoms with E-state index in [2.05, 4.69) is 25.8 Å². The molecule has 0 aliphatic heterocycles. The van der Waals surface area contributed by atoms with Crippen molar-refractivity contribution in [3.63, 3.8) is 0 Å². The fourth-order valence-corrected chi connectivity index (χ4v) is 2.45. The quantitative estimate of drug-likeness (QED) is 0.639. The lowest BCUT2D eigenvalue weighted by atomic mass is 10.1. The van der Waals surface area contributed by atoms with E-state index >= 15 is 0 Å². The van der Waals surface area contributed by atoms with Crippen LogP contribution in [0.5, 0.6) is 5.75 Å². The van der Waals surface area contributed by atoms with Gasteiger partial charge in [-0.2, -0.15) is 0 Å². The molecule has 7 nitrogen and oxygen atoms in total. The topological polar surface area (TPSA) is 89.0 Å². The van der Waals surface area contributed by atoms with E-state index in [0.29, 0.717) is 18.9 Å². The van der Waals surface area contributed by atoms with Crippen LogP contribution in [-0.4, -0.2) is 34.7 Å². The first-order valence-electron chi connectivity index (χ1n) is 8.62. The Labute approximate surface area is 157 Å². The van der Waals surface area contributed by atoms with Gasteiger partial charge in [0.2, 0.25) is 0 Å². The highest BCUT2D eigenvalue weighted by molar-refractivity contribution is 5.92. The van der Waals surface area contributed by atoms with E-state index in [1.165, 1.54) is 5.56 Å². The zero-order valence-electron chi connectivity index (χ0n) is 15.1. The molecule has 2 aromatic heterocycles. The van der Waals surface area contributed by atoms with Crippen LogP contribution < -0.4 is 15.4 Å². The number of amides is 1. The van der Waals surface area contributed by atoms with Gasteiger partial charge in [-0.25, -0.2) is 0 Å². The summed E-state index contributed by atoms with van der Waals surface area (Å²) < 4.78 is 5.15. The summed E-state index contributed by atoms with van der Waals surface area (Å²) in [5, 5.41) is 14.0. The minimum absolute atomic E-state index is 0.267. The van der Waals surface area contributed by atoms with Crippen molar-refractivity contribution in [2.24, 2.45) is 0 Å². The van der Waals surface area contributed by atoms with Crippen LogP contribution >= 0.6 is 0 Å². The molecule has 1 aromatic carbocycles. The number of hydrogen-bond donors (Lipinski definition) is 2. The van der Waals surface area contributed by atoms with Gasteiger partial charge < -0.3 is 15.4 Å². The number of nitrogens with one attached hydrogen (secondary N) is 2. The van der Waals surface area contributed by atoms with Crippen LogP contribution in [0, 0.1) is 0 Å². The van der Waals surface area contributed by atoms with Crippen molar-refractivity contribution in [1.82, 2.24) is 20.5 Å². The van der Waals surface area contributed by atoms with Crippen LogP contribution in [0.1, 0.15) is 21.6 Å². The van der Waals surface area contributed by atoms with E-state index < -0.39 is 0 Å². The standard InChI is InChI=1S/C20H21N5O2/c1-27-17-6-4-15(5-7-17)10-12-22-19-9-8-18(24-25-19)20(26)23-14-16-3-2-11-21-13-16/h2-9,11,13H,10,12,14H2,1H3,(H,22,25)(H,23,26). The molecule has 3 rings (SSSR count). The largest absolute Gasteiger partial charge is 0.497 e. The number of ether oxygens (including phenoxy) is 1. The summed E-state index contributed by atoms with van der Waals surface area (Å²) in [5.74, 6) is 1.21. The Kier molecular flexibility index (Phi) is 6.30. The summed E-state index contributed by atoms with van der Waals surface area (Å²) in [6.45, 7) is 1.11. The molecule has 0 aliphatic rings. The van der Waals surface area contributed by atoms with E-state index in [0.717, 1.165) is 17.7 Å². The van der Waals surface area contributed by atoms with Gasteiger partial charge in [0, 0.05) is 25.5 Å². The Morgan fingerprint density at radius 1 is 1.04 bits per heavy atom. The van der Waals surface area contributed by atoms with E-state index in [1.54, 1.807) is 31.6 Å². The first kappa shape index (κ1) is 18.3. The minimum Gasteiger partial charge on any atom is -0.497 e. The summed E-state index contributed by atoms with van der Waals surface area (Å²) in [7, 11) is 1.65. The summed E-state index contributed by atoms with van der Waals surface area (Å²) in [5.41, 5.74) is 2.40. The lowest BCUT2D eigenvalue weighted by molar-refractivity contribution is 0.0945. The van der Waals surface area contributed by atoms with Gasteiger partial charge in [0.25, 0.3) is 5.91 Å². The van der Waals surface area contributed by atoms with Gasteiger partial charge >= 0.3 is 0 Å². The molecule has 0 radical (unpaired) electrons. The predicted octanol–water partition coefficient (Wildman–Crippen LogP) is 2.46. The normalized spacial score (nSPS) is 10.3. The van der Waals surface area contributed by atoms with Gasteiger partial charge in [0.15, 0.2) is 5.69 Å². The second-order valence-electron chi connectivity index (χ2n) is 5.87. The Morgan fingerprint density at radius 3 is 2.56 bits per heavy atom. The van der Waals surface area contributed by atoms with E-state index in [1.807, 2.05) is 36.4 Å². The number of aromatic nitrogens is 3. The monoisotopic (exact) mass is 363 g/mol. The third kappa shape index (κ3) is 5.50. The minimum atomic E-state index is -0.267. The number of benzene rings is 1. The van der Waals surface area contributed by atoms with Crippen LogP contribution in [0.2, 0.25) is 0 Å². The Morgan fingerprint density at radius 2 is 1.89 bits per heavy atom. The smallest absolute Gasteiger partial charge is 0.272 e. The summed E-state index contributed by atoms with van der Waals surface area (Å²) in [6, 6.07) is 15.1. The number of rotatable bonds is 8. The lowest BCUT2D eigenvalue weighted by Crippen LogP contribution is -2.24. The molecule has 0 saturated heterocycles. The Hall–Kier alpha value is -3.48. The maximum Gasteiger partial charge on any atom is 0.272 e. The van der Waals surface area contributed by atoms with Crippen molar-refractivity contribution < 1.29 is 9.53 Å². The van der Waals surface area contributed by atoms with Crippen LogP contribution in [0.15, 0.2) is 60.9 Å². The van der Waals surface area contributed by atoms with Crippen LogP contribution in [0.25, 0.3) is 0 Å². The lowest BCUT2D eigenvalue weighted by Gasteiger charge is -2.07. The van der Waals surface area contributed by atoms with E-state index in [9.17, 15) is 4.79 Å². The fraction of sp³-hybridized carbons (Fsp3) is 0.200. The van der Waals surface area contributed by atoms with Gasteiger partial charge in [-0.1, -0.05) is 18.2 Å². The number of methoxy groups -OCH3 is 1. The number of nitrogens with zero attached hydrogens (tertiary/aromatic N) is 3. The predicted molar refractivity (Wildman–Crippen MR) is 103 cm³/mol. The van der Waals surface area contributed by atoms with Crippen molar-refractivity contribution in [3.05, 3.63) is 77.7 Å². The van der Waals surface area contributed by atoms with Crippen LogP contribution in [0.4, 0.5) is 5.82 Å². The van der Waals surface area contributed by atoms with Crippen molar-refractivity contribution in [2.75, 3.05) is 19.0 Å². The second-order valence-corrected chi connectivity index (χ2v) is 5.87. The first-order valence-corrected chi connectivity index (χ1v) is 8.62. The van der Waals surface area contributed by atoms with Gasteiger partial charge in [0.1, 0.15) is 11.6 Å². The zero-order valence-corrected chi connectivity index (χ0v) is 15.1. The second kappa shape index (κ2) is 9.28. The molecule has 138 valence electrons. The van der Waals surface area contributed by atoms with Crippen molar-refractivity contribution in [2.45, 2.75) is 13.0 Å². The number of hydrogen-bond acceptors (Lipinski definition) is 6. The van der Waals surface area contributed by atoms with E-state index in [4.69, 9.17) is 4.74 Å². The average Bonchev–Trinajstić information content (AvgIpc) is 2.74. The van der Waals surface area contributed by atoms with Gasteiger partial charge in [-0.15, -0.1) is 10.2 Å².